The Kier molecular flexibility index (Phi) is 4.68. The summed E-state index contributed by atoms with van der Waals surface area (Å²) < 4.78 is 0. The first-order valence-electron chi connectivity index (χ1n) is 5.37. The molecule has 0 radical (unpaired) electrons. The average Bonchev–Trinajstić information content (AvgIpc) is 2.37. The van der Waals surface area contributed by atoms with E-state index in [1.165, 1.54) is 6.92 Å². The zero-order valence-corrected chi connectivity index (χ0v) is 10.6. The van der Waals surface area contributed by atoms with Crippen molar-refractivity contribution in [1.29, 1.82) is 0 Å². The van der Waals surface area contributed by atoms with Crippen LogP contribution in [0.15, 0.2) is 24.3 Å². The number of rotatable bonds is 5. The number of anilines is 1. The molecule has 1 amide bonds. The van der Waals surface area contributed by atoms with Gasteiger partial charge in [-0.25, -0.2) is 4.79 Å². The second-order valence-corrected chi connectivity index (χ2v) is 3.81. The summed E-state index contributed by atoms with van der Waals surface area (Å²) in [5.74, 6) is -2.24. The van der Waals surface area contributed by atoms with Crippen LogP contribution in [0.4, 0.5) is 17.1 Å². The molecule has 1 aromatic rings. The van der Waals surface area contributed by atoms with Crippen LogP contribution < -0.4 is 5.32 Å². The van der Waals surface area contributed by atoms with Crippen molar-refractivity contribution in [3.8, 4) is 0 Å². The van der Waals surface area contributed by atoms with Gasteiger partial charge >= 0.3 is 5.97 Å². The number of nitro groups is 2. The number of nitrogens with zero attached hydrogens (tertiary/aromatic N) is 2. The molecule has 0 atom stereocenters. The average molecular weight is 295 g/mol. The molecule has 0 spiro atoms. The number of carboxylic acid groups (broad SMARTS) is 1. The van der Waals surface area contributed by atoms with E-state index in [1.54, 1.807) is 0 Å². The smallest absolute Gasteiger partial charge is 0.328 e. The van der Waals surface area contributed by atoms with E-state index in [2.05, 4.69) is 5.32 Å². The predicted molar refractivity (Wildman–Crippen MR) is 69.9 cm³/mol. The normalized spacial score (nSPS) is 10.3. The molecule has 0 aliphatic rings. The Hall–Kier alpha value is -3.30. The summed E-state index contributed by atoms with van der Waals surface area (Å²) in [6, 6.07) is 1.91. The summed E-state index contributed by atoms with van der Waals surface area (Å²) in [4.78, 5) is 41.6. The van der Waals surface area contributed by atoms with E-state index in [0.29, 0.717) is 12.2 Å². The van der Waals surface area contributed by atoms with Crippen LogP contribution in [0.1, 0.15) is 5.56 Å². The number of hydrogen-bond donors (Lipinski definition) is 2. The Morgan fingerprint density at radius 2 is 1.62 bits per heavy atom. The molecule has 1 aromatic carbocycles. The summed E-state index contributed by atoms with van der Waals surface area (Å²) in [5, 5.41) is 32.1. The fraction of sp³-hybridized carbons (Fsp3) is 0.0909. The minimum atomic E-state index is -1.36. The highest BCUT2D eigenvalue weighted by Gasteiger charge is 2.23. The zero-order chi connectivity index (χ0) is 16.2. The van der Waals surface area contributed by atoms with Crippen LogP contribution in [0.25, 0.3) is 0 Å². The highest BCUT2D eigenvalue weighted by molar-refractivity contribution is 6.02. The van der Waals surface area contributed by atoms with E-state index in [9.17, 15) is 29.8 Å². The van der Waals surface area contributed by atoms with Crippen LogP contribution in [0, 0.1) is 27.2 Å². The minimum Gasteiger partial charge on any atom is -0.478 e. The summed E-state index contributed by atoms with van der Waals surface area (Å²) in [6.45, 7) is 1.21. The molecule has 0 aromatic heterocycles. The van der Waals surface area contributed by atoms with Crippen LogP contribution in [-0.4, -0.2) is 26.8 Å². The van der Waals surface area contributed by atoms with Crippen molar-refractivity contribution in [1.82, 2.24) is 0 Å². The predicted octanol–water partition coefficient (Wildman–Crippen LogP) is 1.39. The Morgan fingerprint density at radius 1 is 1.14 bits per heavy atom. The molecule has 110 valence electrons. The van der Waals surface area contributed by atoms with E-state index in [0.717, 1.165) is 12.1 Å². The van der Waals surface area contributed by atoms with Crippen molar-refractivity contribution in [2.45, 2.75) is 6.92 Å². The lowest BCUT2D eigenvalue weighted by Gasteiger charge is -2.05. The Labute approximate surface area is 117 Å². The van der Waals surface area contributed by atoms with Crippen molar-refractivity contribution in [3.05, 3.63) is 50.1 Å². The topological polar surface area (TPSA) is 153 Å². The molecule has 0 aliphatic carbocycles. The van der Waals surface area contributed by atoms with Gasteiger partial charge in [-0.2, -0.15) is 0 Å². The highest BCUT2D eigenvalue weighted by atomic mass is 16.6. The highest BCUT2D eigenvalue weighted by Crippen LogP contribution is 2.31. The van der Waals surface area contributed by atoms with Crippen LogP contribution in [0.3, 0.4) is 0 Å². The second kappa shape index (κ2) is 6.23. The molecule has 0 heterocycles. The van der Waals surface area contributed by atoms with Crippen molar-refractivity contribution in [3.63, 3.8) is 0 Å². The Bertz CT molecular complexity index is 631. The maximum Gasteiger partial charge on any atom is 0.328 e. The molecule has 2 N–H and O–H groups in total. The molecule has 0 fully saturated rings. The van der Waals surface area contributed by atoms with Gasteiger partial charge in [0.1, 0.15) is 5.56 Å². The van der Waals surface area contributed by atoms with E-state index >= 15 is 0 Å². The fourth-order valence-electron chi connectivity index (χ4n) is 1.47. The molecule has 10 nitrogen and oxygen atoms in total. The number of carbonyl (C=O) groups excluding carboxylic acids is 1. The van der Waals surface area contributed by atoms with E-state index in [-0.39, 0.29) is 11.3 Å². The first-order valence-corrected chi connectivity index (χ1v) is 5.37. The lowest BCUT2D eigenvalue weighted by atomic mass is 10.1. The Balaban J connectivity index is 3.19. The zero-order valence-electron chi connectivity index (χ0n) is 10.6. The first kappa shape index (κ1) is 15.8. The molecular formula is C11H9N3O7. The minimum absolute atomic E-state index is 0.149. The van der Waals surface area contributed by atoms with Crippen LogP contribution in [-0.2, 0) is 9.59 Å². The number of nitrogens with one attached hydrogen (secondary N) is 1. The summed E-state index contributed by atoms with van der Waals surface area (Å²) in [5.41, 5.74) is -1.38. The molecule has 0 unspecified atom stereocenters. The van der Waals surface area contributed by atoms with Gasteiger partial charge in [-0.1, -0.05) is 0 Å². The van der Waals surface area contributed by atoms with Gasteiger partial charge in [0.2, 0.25) is 5.91 Å². The Morgan fingerprint density at radius 3 is 2.00 bits per heavy atom. The number of hydrogen-bond acceptors (Lipinski definition) is 6. The number of amides is 1. The number of benzene rings is 1. The lowest BCUT2D eigenvalue weighted by Crippen LogP contribution is -2.10. The van der Waals surface area contributed by atoms with Crippen molar-refractivity contribution < 1.29 is 24.5 Å². The van der Waals surface area contributed by atoms with Crippen LogP contribution >= 0.6 is 0 Å². The number of aliphatic carboxylic acids is 1. The largest absolute Gasteiger partial charge is 0.478 e. The SMILES string of the molecule is Cc1c([N+](=O)[O-])cc(NC(=O)/C=C\C(=O)O)cc1[N+](=O)[O-]. The summed E-state index contributed by atoms with van der Waals surface area (Å²) in [7, 11) is 0. The van der Waals surface area contributed by atoms with Gasteiger partial charge in [-0.15, -0.1) is 0 Å². The van der Waals surface area contributed by atoms with Crippen LogP contribution in [0.2, 0.25) is 0 Å². The monoisotopic (exact) mass is 295 g/mol. The van der Waals surface area contributed by atoms with Crippen molar-refractivity contribution in [2.24, 2.45) is 0 Å². The number of carboxylic acids is 1. The number of nitro benzene ring substituents is 2. The molecule has 0 bridgehead atoms. The third-order valence-electron chi connectivity index (χ3n) is 2.39. The van der Waals surface area contributed by atoms with Gasteiger partial charge < -0.3 is 10.4 Å². The van der Waals surface area contributed by atoms with Crippen molar-refractivity contribution >= 4 is 28.9 Å². The maximum atomic E-state index is 11.4. The number of carbonyl (C=O) groups is 2. The molecular weight excluding hydrogens is 286 g/mol. The first-order chi connectivity index (χ1) is 9.72. The van der Waals surface area contributed by atoms with E-state index < -0.39 is 33.1 Å². The fourth-order valence-corrected chi connectivity index (χ4v) is 1.47. The quantitative estimate of drug-likeness (QED) is 0.472. The van der Waals surface area contributed by atoms with Crippen LogP contribution in [0.5, 0.6) is 0 Å². The second-order valence-electron chi connectivity index (χ2n) is 3.81. The van der Waals surface area contributed by atoms with E-state index in [1.807, 2.05) is 0 Å². The molecule has 10 heteroatoms. The van der Waals surface area contributed by atoms with Crippen molar-refractivity contribution in [2.75, 3.05) is 5.32 Å². The van der Waals surface area contributed by atoms with Gasteiger partial charge in [0.05, 0.1) is 15.5 Å². The molecule has 21 heavy (non-hydrogen) atoms. The molecule has 0 saturated carbocycles. The third kappa shape index (κ3) is 4.09. The molecule has 0 aliphatic heterocycles. The maximum absolute atomic E-state index is 11.4. The van der Waals surface area contributed by atoms with Gasteiger partial charge in [0, 0.05) is 24.3 Å². The van der Waals surface area contributed by atoms with Gasteiger partial charge in [-0.05, 0) is 6.92 Å². The summed E-state index contributed by atoms with van der Waals surface area (Å²) >= 11 is 0. The third-order valence-corrected chi connectivity index (χ3v) is 2.39. The van der Waals surface area contributed by atoms with Gasteiger partial charge in [0.15, 0.2) is 0 Å². The lowest BCUT2D eigenvalue weighted by molar-refractivity contribution is -0.395. The summed E-state index contributed by atoms with van der Waals surface area (Å²) in [6.07, 6.45) is 1.24. The molecule has 0 saturated heterocycles. The van der Waals surface area contributed by atoms with Gasteiger partial charge in [0.25, 0.3) is 11.4 Å². The van der Waals surface area contributed by atoms with E-state index in [4.69, 9.17) is 5.11 Å². The van der Waals surface area contributed by atoms with Gasteiger partial charge in [-0.3, -0.25) is 25.0 Å². The standard InChI is InChI=1S/C11H9N3O7/c1-6-8(13(18)19)4-7(5-9(6)14(20)21)12-10(15)2-3-11(16)17/h2-5H,1H3,(H,12,15)(H,16,17)/b3-2-. The molecule has 1 rings (SSSR count).